The van der Waals surface area contributed by atoms with E-state index in [1.807, 2.05) is 24.3 Å². The van der Waals surface area contributed by atoms with Gasteiger partial charge in [0.1, 0.15) is 11.5 Å². The molecule has 0 aliphatic carbocycles. The zero-order valence-corrected chi connectivity index (χ0v) is 10.1. The summed E-state index contributed by atoms with van der Waals surface area (Å²) >= 11 is 0. The highest BCUT2D eigenvalue weighted by atomic mass is 16.3. The predicted octanol–water partition coefficient (Wildman–Crippen LogP) is 3.81. The van der Waals surface area contributed by atoms with E-state index in [2.05, 4.69) is 6.58 Å². The Kier molecular flexibility index (Phi) is 3.68. The van der Waals surface area contributed by atoms with E-state index in [4.69, 9.17) is 0 Å². The highest BCUT2D eigenvalue weighted by Crippen LogP contribution is 2.37. The van der Waals surface area contributed by atoms with Crippen molar-refractivity contribution in [2.75, 3.05) is 0 Å². The van der Waals surface area contributed by atoms with Gasteiger partial charge >= 0.3 is 0 Å². The van der Waals surface area contributed by atoms with Crippen molar-refractivity contribution in [3.8, 4) is 11.5 Å². The third-order valence-electron chi connectivity index (χ3n) is 3.03. The van der Waals surface area contributed by atoms with Gasteiger partial charge in [-0.05, 0) is 18.6 Å². The number of phenols is 2. The highest BCUT2D eigenvalue weighted by Gasteiger charge is 2.18. The maximum Gasteiger partial charge on any atom is 0.119 e. The Morgan fingerprint density at radius 3 is 1.72 bits per heavy atom. The lowest BCUT2D eigenvalue weighted by atomic mass is 9.87. The van der Waals surface area contributed by atoms with Gasteiger partial charge in [-0.1, -0.05) is 42.5 Å². The molecule has 0 radical (unpaired) electrons. The van der Waals surface area contributed by atoms with Crippen LogP contribution < -0.4 is 0 Å². The minimum Gasteiger partial charge on any atom is -0.508 e. The van der Waals surface area contributed by atoms with Crippen LogP contribution >= 0.6 is 0 Å². The molecule has 2 heteroatoms. The van der Waals surface area contributed by atoms with Crippen molar-refractivity contribution in [1.29, 1.82) is 0 Å². The maximum atomic E-state index is 9.94. The van der Waals surface area contributed by atoms with Crippen LogP contribution in [-0.4, -0.2) is 10.2 Å². The van der Waals surface area contributed by atoms with Crippen molar-refractivity contribution in [2.24, 2.45) is 0 Å². The lowest BCUT2D eigenvalue weighted by Gasteiger charge is -2.18. The summed E-state index contributed by atoms with van der Waals surface area (Å²) in [5.41, 5.74) is 1.61. The summed E-state index contributed by atoms with van der Waals surface area (Å²) in [6, 6.07) is 14.4. The molecule has 2 nitrogen and oxygen atoms in total. The van der Waals surface area contributed by atoms with E-state index in [1.165, 1.54) is 0 Å². The lowest BCUT2D eigenvalue weighted by molar-refractivity contribution is 0.454. The van der Waals surface area contributed by atoms with Gasteiger partial charge in [-0.25, -0.2) is 0 Å². The smallest absolute Gasteiger partial charge is 0.119 e. The van der Waals surface area contributed by atoms with Gasteiger partial charge < -0.3 is 10.2 Å². The van der Waals surface area contributed by atoms with Crippen LogP contribution in [0.15, 0.2) is 61.2 Å². The van der Waals surface area contributed by atoms with Crippen molar-refractivity contribution in [2.45, 2.75) is 12.3 Å². The van der Waals surface area contributed by atoms with E-state index in [9.17, 15) is 10.2 Å². The van der Waals surface area contributed by atoms with Gasteiger partial charge in [-0.2, -0.15) is 0 Å². The number of hydrogen-bond donors (Lipinski definition) is 2. The van der Waals surface area contributed by atoms with Crippen LogP contribution in [0.3, 0.4) is 0 Å². The van der Waals surface area contributed by atoms with Crippen molar-refractivity contribution in [3.05, 3.63) is 72.3 Å². The van der Waals surface area contributed by atoms with Gasteiger partial charge in [0.05, 0.1) is 0 Å². The van der Waals surface area contributed by atoms with E-state index in [-0.39, 0.29) is 17.4 Å². The molecule has 0 aromatic heterocycles. The maximum absolute atomic E-state index is 9.94. The van der Waals surface area contributed by atoms with Gasteiger partial charge in [-0.15, -0.1) is 6.58 Å². The number of benzene rings is 2. The molecule has 0 fully saturated rings. The predicted molar refractivity (Wildman–Crippen MR) is 72.9 cm³/mol. The average Bonchev–Trinajstić information content (AvgIpc) is 2.38. The van der Waals surface area contributed by atoms with Gasteiger partial charge in [-0.3, -0.25) is 0 Å². The fourth-order valence-electron chi connectivity index (χ4n) is 2.15. The summed E-state index contributed by atoms with van der Waals surface area (Å²) in [6.45, 7) is 3.75. The second-order valence-corrected chi connectivity index (χ2v) is 4.19. The van der Waals surface area contributed by atoms with Crippen LogP contribution in [0.25, 0.3) is 0 Å². The van der Waals surface area contributed by atoms with Crippen LogP contribution in [0.2, 0.25) is 0 Å². The van der Waals surface area contributed by atoms with Crippen LogP contribution in [0.5, 0.6) is 11.5 Å². The molecule has 0 atom stereocenters. The molecule has 0 heterocycles. The number of allylic oxidation sites excluding steroid dienone is 1. The van der Waals surface area contributed by atoms with Crippen LogP contribution in [0, 0.1) is 0 Å². The molecule has 92 valence electrons. The van der Waals surface area contributed by atoms with E-state index in [0.29, 0.717) is 6.42 Å². The summed E-state index contributed by atoms with van der Waals surface area (Å²) in [6.07, 6.45) is 2.46. The Bertz CT molecular complexity index is 501. The number of hydrogen-bond acceptors (Lipinski definition) is 2. The first kappa shape index (κ1) is 12.2. The molecule has 0 saturated heterocycles. The molecule has 2 aromatic carbocycles. The van der Waals surface area contributed by atoms with E-state index in [0.717, 1.165) is 11.1 Å². The normalized spacial score (nSPS) is 10.5. The molecule has 0 aliphatic rings. The van der Waals surface area contributed by atoms with E-state index >= 15 is 0 Å². The molecule has 2 N–H and O–H groups in total. The number of phenolic OH excluding ortho intramolecular Hbond substituents is 2. The van der Waals surface area contributed by atoms with Gasteiger partial charge in [0, 0.05) is 17.0 Å². The van der Waals surface area contributed by atoms with Gasteiger partial charge in [0.25, 0.3) is 0 Å². The molecule has 0 saturated carbocycles. The Morgan fingerprint density at radius 2 is 1.33 bits per heavy atom. The largest absolute Gasteiger partial charge is 0.508 e. The fraction of sp³-hybridized carbons (Fsp3) is 0.125. The molecule has 18 heavy (non-hydrogen) atoms. The highest BCUT2D eigenvalue weighted by molar-refractivity contribution is 5.46. The van der Waals surface area contributed by atoms with E-state index in [1.54, 1.807) is 30.3 Å². The van der Waals surface area contributed by atoms with Crippen molar-refractivity contribution >= 4 is 0 Å². The standard InChI is InChI=1S/C16H16O2/c1-2-7-12(13-8-3-5-10-15(13)17)14-9-4-6-11-16(14)18/h2-6,8-12,17-18H,1,7H2. The molecule has 2 aromatic rings. The van der Waals surface area contributed by atoms with Gasteiger partial charge in [0.15, 0.2) is 0 Å². The second kappa shape index (κ2) is 5.41. The molecular weight excluding hydrogens is 224 g/mol. The zero-order chi connectivity index (χ0) is 13.0. The SMILES string of the molecule is C=CCC(c1ccccc1O)c1ccccc1O. The molecule has 0 aliphatic heterocycles. The first-order chi connectivity index (χ1) is 8.74. The van der Waals surface area contributed by atoms with E-state index < -0.39 is 0 Å². The topological polar surface area (TPSA) is 40.5 Å². The minimum absolute atomic E-state index is 0.0788. The fourth-order valence-corrected chi connectivity index (χ4v) is 2.15. The number of rotatable bonds is 4. The Balaban J connectivity index is 2.50. The first-order valence-corrected chi connectivity index (χ1v) is 5.90. The Morgan fingerprint density at radius 1 is 0.889 bits per heavy atom. The summed E-state index contributed by atoms with van der Waals surface area (Å²) in [5, 5.41) is 19.9. The Hall–Kier alpha value is -2.22. The molecule has 0 unspecified atom stereocenters. The van der Waals surface area contributed by atoms with Crippen molar-refractivity contribution in [3.63, 3.8) is 0 Å². The summed E-state index contributed by atoms with van der Waals surface area (Å²) in [5.74, 6) is 0.408. The average molecular weight is 240 g/mol. The van der Waals surface area contributed by atoms with Crippen LogP contribution in [0.4, 0.5) is 0 Å². The third-order valence-corrected chi connectivity index (χ3v) is 3.03. The van der Waals surface area contributed by atoms with Crippen LogP contribution in [-0.2, 0) is 0 Å². The van der Waals surface area contributed by atoms with Crippen molar-refractivity contribution in [1.82, 2.24) is 0 Å². The molecule has 0 amide bonds. The number of aromatic hydroxyl groups is 2. The first-order valence-electron chi connectivity index (χ1n) is 5.90. The Labute approximate surface area is 107 Å². The summed E-state index contributed by atoms with van der Waals surface area (Å²) < 4.78 is 0. The molecule has 0 bridgehead atoms. The third kappa shape index (κ3) is 2.38. The monoisotopic (exact) mass is 240 g/mol. The minimum atomic E-state index is -0.0788. The summed E-state index contributed by atoms with van der Waals surface area (Å²) in [7, 11) is 0. The zero-order valence-electron chi connectivity index (χ0n) is 10.1. The van der Waals surface area contributed by atoms with Crippen molar-refractivity contribution < 1.29 is 10.2 Å². The lowest BCUT2D eigenvalue weighted by Crippen LogP contribution is -2.00. The summed E-state index contributed by atoms with van der Waals surface area (Å²) in [4.78, 5) is 0. The molecule has 0 spiro atoms. The van der Waals surface area contributed by atoms with Crippen LogP contribution in [0.1, 0.15) is 23.5 Å². The second-order valence-electron chi connectivity index (χ2n) is 4.19. The number of para-hydroxylation sites is 2. The molecule has 2 rings (SSSR count). The molecular formula is C16H16O2. The quantitative estimate of drug-likeness (QED) is 0.798. The van der Waals surface area contributed by atoms with Gasteiger partial charge in [0.2, 0.25) is 0 Å².